The number of rotatable bonds is 12. The fourth-order valence-corrected chi connectivity index (χ4v) is 2.68. The lowest BCUT2D eigenvalue weighted by Crippen LogP contribution is -2.38. The van der Waals surface area contributed by atoms with E-state index in [2.05, 4.69) is 12.2 Å². The Labute approximate surface area is 149 Å². The van der Waals surface area contributed by atoms with Crippen molar-refractivity contribution in [3.8, 4) is 0 Å². The minimum atomic E-state index is -0.798. The number of amides is 2. The summed E-state index contributed by atoms with van der Waals surface area (Å²) in [5.41, 5.74) is 0. The van der Waals surface area contributed by atoms with E-state index in [-0.39, 0.29) is 25.0 Å². The first-order chi connectivity index (χ1) is 12.0. The second-order valence-corrected chi connectivity index (χ2v) is 6.23. The number of likely N-dealkylation sites (tertiary alicyclic amines) is 1. The largest absolute Gasteiger partial charge is 0.481 e. The number of carboxylic acids is 1. The van der Waals surface area contributed by atoms with Crippen LogP contribution in [-0.4, -0.2) is 53.7 Å². The van der Waals surface area contributed by atoms with Gasteiger partial charge >= 0.3 is 12.1 Å². The van der Waals surface area contributed by atoms with Crippen molar-refractivity contribution in [2.45, 2.75) is 64.3 Å². The van der Waals surface area contributed by atoms with E-state index in [0.717, 1.165) is 19.3 Å². The molecule has 1 aliphatic rings. The molecule has 25 heavy (non-hydrogen) atoms. The smallest absolute Gasteiger partial charge is 0.407 e. The van der Waals surface area contributed by atoms with Crippen LogP contribution in [0.2, 0.25) is 0 Å². The summed E-state index contributed by atoms with van der Waals surface area (Å²) < 4.78 is 5.22. The Morgan fingerprint density at radius 1 is 1.32 bits per heavy atom. The van der Waals surface area contributed by atoms with Crippen LogP contribution in [0.4, 0.5) is 4.79 Å². The lowest BCUT2D eigenvalue weighted by molar-refractivity contribution is -0.137. The molecule has 0 aromatic carbocycles. The third kappa shape index (κ3) is 9.12. The summed E-state index contributed by atoms with van der Waals surface area (Å²) in [5, 5.41) is 11.3. The van der Waals surface area contributed by atoms with Gasteiger partial charge in [-0.3, -0.25) is 9.59 Å². The molecular weight excluding hydrogens is 324 g/mol. The zero-order valence-corrected chi connectivity index (χ0v) is 15.0. The van der Waals surface area contributed by atoms with Crippen LogP contribution in [0, 0.1) is 0 Å². The second kappa shape index (κ2) is 12.3. The molecule has 1 rings (SSSR count). The number of ether oxygens (including phenoxy) is 1. The third-order valence-corrected chi connectivity index (χ3v) is 4.14. The lowest BCUT2D eigenvalue weighted by atomic mass is 10.2. The molecular formula is C18H30N2O5. The molecule has 0 spiro atoms. The van der Waals surface area contributed by atoms with E-state index in [9.17, 15) is 14.4 Å². The van der Waals surface area contributed by atoms with Gasteiger partial charge in [0.25, 0.3) is 0 Å². The molecule has 0 unspecified atom stereocenters. The van der Waals surface area contributed by atoms with Crippen molar-refractivity contribution in [1.29, 1.82) is 0 Å². The van der Waals surface area contributed by atoms with Gasteiger partial charge in [-0.2, -0.15) is 0 Å². The van der Waals surface area contributed by atoms with Crippen molar-refractivity contribution in [3.63, 3.8) is 0 Å². The first-order valence-corrected chi connectivity index (χ1v) is 9.11. The van der Waals surface area contributed by atoms with Gasteiger partial charge in [0.15, 0.2) is 0 Å². The molecule has 1 saturated heterocycles. The van der Waals surface area contributed by atoms with Gasteiger partial charge in [-0.05, 0) is 25.7 Å². The summed E-state index contributed by atoms with van der Waals surface area (Å²) in [5.74, 6) is -0.736. The molecule has 2 amide bonds. The van der Waals surface area contributed by atoms with E-state index in [1.165, 1.54) is 0 Å². The minimum Gasteiger partial charge on any atom is -0.481 e. The Balaban J connectivity index is 2.26. The predicted molar refractivity (Wildman–Crippen MR) is 94.2 cm³/mol. The van der Waals surface area contributed by atoms with Crippen LogP contribution in [0.5, 0.6) is 0 Å². The Bertz CT molecular complexity index is 464. The Kier molecular flexibility index (Phi) is 10.4. The number of hydrogen-bond donors (Lipinski definition) is 2. The number of aliphatic carboxylic acids is 1. The number of carboxylic acid groups (broad SMARTS) is 1. The average molecular weight is 354 g/mol. The topological polar surface area (TPSA) is 95.9 Å². The zero-order chi connectivity index (χ0) is 18.5. The van der Waals surface area contributed by atoms with Gasteiger partial charge in [-0.25, -0.2) is 4.79 Å². The van der Waals surface area contributed by atoms with Crippen LogP contribution in [0.15, 0.2) is 12.2 Å². The van der Waals surface area contributed by atoms with E-state index in [0.29, 0.717) is 38.8 Å². The molecule has 1 aliphatic heterocycles. The second-order valence-electron chi connectivity index (χ2n) is 6.23. The number of carbonyl (C=O) groups is 3. The predicted octanol–water partition coefficient (Wildman–Crippen LogP) is 2.70. The van der Waals surface area contributed by atoms with Gasteiger partial charge in [0.2, 0.25) is 5.91 Å². The normalized spacial score (nSPS) is 17.2. The van der Waals surface area contributed by atoms with Crippen molar-refractivity contribution in [1.82, 2.24) is 10.2 Å². The van der Waals surface area contributed by atoms with Crippen LogP contribution >= 0.6 is 0 Å². The van der Waals surface area contributed by atoms with E-state index < -0.39 is 12.1 Å². The summed E-state index contributed by atoms with van der Waals surface area (Å²) in [7, 11) is 0. The fourth-order valence-electron chi connectivity index (χ4n) is 2.68. The molecule has 7 nitrogen and oxygen atoms in total. The van der Waals surface area contributed by atoms with Crippen molar-refractivity contribution in [2.24, 2.45) is 0 Å². The summed E-state index contributed by atoms with van der Waals surface area (Å²) in [6.45, 7) is 3.39. The molecule has 0 bridgehead atoms. The van der Waals surface area contributed by atoms with Crippen LogP contribution in [-0.2, 0) is 14.3 Å². The number of carbonyl (C=O) groups excluding carboxylic acids is 2. The van der Waals surface area contributed by atoms with Crippen molar-refractivity contribution < 1.29 is 24.2 Å². The van der Waals surface area contributed by atoms with Crippen molar-refractivity contribution >= 4 is 18.0 Å². The Morgan fingerprint density at radius 2 is 2.12 bits per heavy atom. The standard InChI is InChI=1S/C18H30N2O5/c1-2-3-7-12-19-18(24)25-14-15-10-11-16(21)20(15)13-8-5-4-6-9-17(22)23/h5,8,15H,2-4,6-7,9-14H2,1H3,(H,19,24)(H,22,23)/t15-/m1/s1. The van der Waals surface area contributed by atoms with Gasteiger partial charge < -0.3 is 20.1 Å². The Hall–Kier alpha value is -2.05. The van der Waals surface area contributed by atoms with Crippen LogP contribution in [0.3, 0.4) is 0 Å². The quantitative estimate of drug-likeness (QED) is 0.415. The van der Waals surface area contributed by atoms with Crippen molar-refractivity contribution in [3.05, 3.63) is 12.2 Å². The molecule has 7 heteroatoms. The van der Waals surface area contributed by atoms with Gasteiger partial charge in [-0.15, -0.1) is 0 Å². The molecule has 1 heterocycles. The molecule has 1 fully saturated rings. The zero-order valence-electron chi connectivity index (χ0n) is 15.0. The maximum Gasteiger partial charge on any atom is 0.407 e. The fraction of sp³-hybridized carbons (Fsp3) is 0.722. The summed E-state index contributed by atoms with van der Waals surface area (Å²) in [4.78, 5) is 35.7. The number of unbranched alkanes of at least 4 members (excludes halogenated alkanes) is 3. The summed E-state index contributed by atoms with van der Waals surface area (Å²) >= 11 is 0. The Morgan fingerprint density at radius 3 is 2.84 bits per heavy atom. The molecule has 0 aliphatic carbocycles. The number of alkyl carbamates (subject to hydrolysis) is 1. The molecule has 142 valence electrons. The van der Waals surface area contributed by atoms with Crippen LogP contribution < -0.4 is 5.32 Å². The van der Waals surface area contributed by atoms with Gasteiger partial charge in [0, 0.05) is 25.9 Å². The number of nitrogens with zero attached hydrogens (tertiary/aromatic N) is 1. The molecule has 0 aromatic heterocycles. The SMILES string of the molecule is CCCCCNC(=O)OC[C@H]1CCC(=O)N1CC=CCCCC(=O)O. The number of nitrogens with one attached hydrogen (secondary N) is 1. The van der Waals surface area contributed by atoms with E-state index in [1.807, 2.05) is 12.2 Å². The number of hydrogen-bond acceptors (Lipinski definition) is 4. The van der Waals surface area contributed by atoms with E-state index in [4.69, 9.17) is 9.84 Å². The van der Waals surface area contributed by atoms with Gasteiger partial charge in [0.05, 0.1) is 6.04 Å². The molecule has 0 radical (unpaired) electrons. The maximum atomic E-state index is 11.9. The average Bonchev–Trinajstić information content (AvgIpc) is 2.93. The first-order valence-electron chi connectivity index (χ1n) is 9.11. The van der Waals surface area contributed by atoms with Gasteiger partial charge in [-0.1, -0.05) is 31.9 Å². The summed E-state index contributed by atoms with van der Waals surface area (Å²) in [6, 6.07) is -0.0856. The molecule has 2 N–H and O–H groups in total. The molecule has 0 saturated carbocycles. The van der Waals surface area contributed by atoms with Crippen LogP contribution in [0.1, 0.15) is 58.3 Å². The van der Waals surface area contributed by atoms with E-state index in [1.54, 1.807) is 4.90 Å². The third-order valence-electron chi connectivity index (χ3n) is 4.14. The highest BCUT2D eigenvalue weighted by molar-refractivity contribution is 5.79. The highest BCUT2D eigenvalue weighted by atomic mass is 16.5. The maximum absolute atomic E-state index is 11.9. The number of allylic oxidation sites excluding steroid dienone is 1. The van der Waals surface area contributed by atoms with E-state index >= 15 is 0 Å². The van der Waals surface area contributed by atoms with Gasteiger partial charge in [0.1, 0.15) is 6.61 Å². The highest BCUT2D eigenvalue weighted by Gasteiger charge is 2.30. The monoisotopic (exact) mass is 354 g/mol. The lowest BCUT2D eigenvalue weighted by Gasteiger charge is -2.23. The highest BCUT2D eigenvalue weighted by Crippen LogP contribution is 2.19. The first kappa shape index (κ1) is 21.0. The molecule has 0 aromatic rings. The minimum absolute atomic E-state index is 0.0622. The summed E-state index contributed by atoms with van der Waals surface area (Å²) in [6.07, 6.45) is 9.02. The molecule has 1 atom stereocenters. The van der Waals surface area contributed by atoms with Crippen LogP contribution in [0.25, 0.3) is 0 Å². The van der Waals surface area contributed by atoms with Crippen molar-refractivity contribution in [2.75, 3.05) is 19.7 Å².